The zero-order valence-corrected chi connectivity index (χ0v) is 11.6. The lowest BCUT2D eigenvalue weighted by molar-refractivity contribution is -0.147. The SMILES string of the molecule is CCCCC(C(=O)OC)N(CC)CC1CCC1. The number of carbonyl (C=O) groups is 1. The van der Waals surface area contributed by atoms with E-state index in [0.29, 0.717) is 0 Å². The summed E-state index contributed by atoms with van der Waals surface area (Å²) < 4.78 is 4.94. The van der Waals surface area contributed by atoms with Crippen molar-refractivity contribution in [2.24, 2.45) is 5.92 Å². The summed E-state index contributed by atoms with van der Waals surface area (Å²) in [5.74, 6) is 0.753. The first kappa shape index (κ1) is 14.5. The summed E-state index contributed by atoms with van der Waals surface area (Å²) in [6.07, 6.45) is 7.19. The van der Waals surface area contributed by atoms with Gasteiger partial charge in [-0.1, -0.05) is 33.1 Å². The van der Waals surface area contributed by atoms with Crippen molar-refractivity contribution in [2.45, 2.75) is 58.4 Å². The molecule has 0 aromatic heterocycles. The van der Waals surface area contributed by atoms with Crippen LogP contribution in [0.5, 0.6) is 0 Å². The largest absolute Gasteiger partial charge is 0.468 e. The monoisotopic (exact) mass is 241 g/mol. The van der Waals surface area contributed by atoms with Crippen molar-refractivity contribution in [2.75, 3.05) is 20.2 Å². The predicted octanol–water partition coefficient (Wildman–Crippen LogP) is 2.84. The number of rotatable bonds is 8. The van der Waals surface area contributed by atoms with E-state index in [1.807, 2.05) is 0 Å². The number of unbranched alkanes of at least 4 members (excludes halogenated alkanes) is 1. The van der Waals surface area contributed by atoms with Gasteiger partial charge in [0.25, 0.3) is 0 Å². The third kappa shape index (κ3) is 4.30. The molecule has 0 saturated heterocycles. The van der Waals surface area contributed by atoms with Crippen LogP contribution in [-0.2, 0) is 9.53 Å². The normalized spacial score (nSPS) is 17.9. The Balaban J connectivity index is 2.52. The highest BCUT2D eigenvalue weighted by Gasteiger charge is 2.28. The van der Waals surface area contributed by atoms with E-state index >= 15 is 0 Å². The molecule has 0 spiro atoms. The molecular formula is C14H27NO2. The van der Waals surface area contributed by atoms with Crippen molar-refractivity contribution in [1.82, 2.24) is 4.90 Å². The van der Waals surface area contributed by atoms with E-state index in [1.54, 1.807) is 0 Å². The lowest BCUT2D eigenvalue weighted by atomic mass is 9.84. The average Bonchev–Trinajstić information content (AvgIpc) is 2.30. The summed E-state index contributed by atoms with van der Waals surface area (Å²) >= 11 is 0. The van der Waals surface area contributed by atoms with Crippen LogP contribution >= 0.6 is 0 Å². The number of esters is 1. The van der Waals surface area contributed by atoms with Gasteiger partial charge < -0.3 is 4.74 Å². The van der Waals surface area contributed by atoms with Gasteiger partial charge in [0.15, 0.2) is 0 Å². The summed E-state index contributed by atoms with van der Waals surface area (Å²) in [4.78, 5) is 14.2. The Morgan fingerprint density at radius 3 is 2.53 bits per heavy atom. The Bertz CT molecular complexity index is 226. The minimum atomic E-state index is -0.0559. The maximum atomic E-state index is 11.8. The third-order valence-electron chi connectivity index (χ3n) is 3.87. The molecule has 1 saturated carbocycles. The summed E-state index contributed by atoms with van der Waals surface area (Å²) in [6.45, 7) is 6.32. The first-order chi connectivity index (χ1) is 8.22. The van der Waals surface area contributed by atoms with Gasteiger partial charge in [0.1, 0.15) is 6.04 Å². The van der Waals surface area contributed by atoms with Crippen molar-refractivity contribution in [1.29, 1.82) is 0 Å². The van der Waals surface area contributed by atoms with Crippen LogP contribution in [0.4, 0.5) is 0 Å². The topological polar surface area (TPSA) is 29.5 Å². The lowest BCUT2D eigenvalue weighted by Crippen LogP contribution is -2.45. The molecule has 0 aromatic rings. The van der Waals surface area contributed by atoms with Gasteiger partial charge >= 0.3 is 5.97 Å². The number of carbonyl (C=O) groups excluding carboxylic acids is 1. The van der Waals surface area contributed by atoms with Crippen LogP contribution in [0.15, 0.2) is 0 Å². The molecule has 0 N–H and O–H groups in total. The summed E-state index contributed by atoms with van der Waals surface area (Å²) in [5, 5.41) is 0. The smallest absolute Gasteiger partial charge is 0.323 e. The molecule has 1 aliphatic rings. The van der Waals surface area contributed by atoms with Crippen LogP contribution < -0.4 is 0 Å². The van der Waals surface area contributed by atoms with E-state index in [2.05, 4.69) is 18.7 Å². The molecule has 100 valence electrons. The van der Waals surface area contributed by atoms with Gasteiger partial charge in [-0.3, -0.25) is 9.69 Å². The van der Waals surface area contributed by atoms with Crippen molar-refractivity contribution >= 4 is 5.97 Å². The van der Waals surface area contributed by atoms with E-state index in [1.165, 1.54) is 26.4 Å². The highest BCUT2D eigenvalue weighted by atomic mass is 16.5. The molecule has 0 aromatic carbocycles. The second-order valence-electron chi connectivity index (χ2n) is 5.07. The van der Waals surface area contributed by atoms with Crippen molar-refractivity contribution in [3.05, 3.63) is 0 Å². The van der Waals surface area contributed by atoms with Gasteiger partial charge in [-0.15, -0.1) is 0 Å². The first-order valence-corrected chi connectivity index (χ1v) is 7.04. The molecule has 1 fully saturated rings. The van der Waals surface area contributed by atoms with E-state index in [4.69, 9.17) is 4.74 Å². The van der Waals surface area contributed by atoms with E-state index in [9.17, 15) is 4.79 Å². The number of likely N-dealkylation sites (N-methyl/N-ethyl adjacent to an activating group) is 1. The maximum absolute atomic E-state index is 11.8. The van der Waals surface area contributed by atoms with Gasteiger partial charge in [0.2, 0.25) is 0 Å². The molecule has 3 heteroatoms. The van der Waals surface area contributed by atoms with Crippen LogP contribution in [0.1, 0.15) is 52.4 Å². The molecule has 0 amide bonds. The lowest BCUT2D eigenvalue weighted by Gasteiger charge is -2.35. The van der Waals surface area contributed by atoms with Crippen LogP contribution in [0.3, 0.4) is 0 Å². The number of hydrogen-bond acceptors (Lipinski definition) is 3. The Labute approximate surface area is 106 Å². The zero-order chi connectivity index (χ0) is 12.7. The minimum absolute atomic E-state index is 0.0226. The molecule has 3 nitrogen and oxygen atoms in total. The molecular weight excluding hydrogens is 214 g/mol. The fraction of sp³-hybridized carbons (Fsp3) is 0.929. The summed E-state index contributed by atoms with van der Waals surface area (Å²) in [5.41, 5.74) is 0. The summed E-state index contributed by atoms with van der Waals surface area (Å²) in [6, 6.07) is -0.0226. The molecule has 17 heavy (non-hydrogen) atoms. The van der Waals surface area contributed by atoms with E-state index < -0.39 is 0 Å². The van der Waals surface area contributed by atoms with Crippen molar-refractivity contribution in [3.8, 4) is 0 Å². The van der Waals surface area contributed by atoms with Gasteiger partial charge in [-0.2, -0.15) is 0 Å². The quantitative estimate of drug-likeness (QED) is 0.612. The van der Waals surface area contributed by atoms with Crippen LogP contribution in [0.25, 0.3) is 0 Å². The molecule has 0 aliphatic heterocycles. The van der Waals surface area contributed by atoms with Crippen LogP contribution in [0, 0.1) is 5.92 Å². The molecule has 0 bridgehead atoms. The third-order valence-corrected chi connectivity index (χ3v) is 3.87. The average molecular weight is 241 g/mol. The van der Waals surface area contributed by atoms with E-state index in [-0.39, 0.29) is 12.0 Å². The molecule has 1 unspecified atom stereocenters. The Morgan fingerprint density at radius 2 is 2.12 bits per heavy atom. The summed E-state index contributed by atoms with van der Waals surface area (Å²) in [7, 11) is 1.50. The standard InChI is InChI=1S/C14H27NO2/c1-4-6-10-13(14(16)17-3)15(5-2)11-12-8-7-9-12/h12-13H,4-11H2,1-3H3. The number of nitrogens with zero attached hydrogens (tertiary/aromatic N) is 1. The van der Waals surface area contributed by atoms with Gasteiger partial charge in [0.05, 0.1) is 7.11 Å². The fourth-order valence-corrected chi connectivity index (χ4v) is 2.47. The fourth-order valence-electron chi connectivity index (χ4n) is 2.47. The zero-order valence-electron chi connectivity index (χ0n) is 11.6. The highest BCUT2D eigenvalue weighted by Crippen LogP contribution is 2.28. The molecule has 0 heterocycles. The van der Waals surface area contributed by atoms with Crippen LogP contribution in [-0.4, -0.2) is 37.1 Å². The van der Waals surface area contributed by atoms with Gasteiger partial charge in [-0.05, 0) is 31.7 Å². The van der Waals surface area contributed by atoms with Crippen LogP contribution in [0.2, 0.25) is 0 Å². The minimum Gasteiger partial charge on any atom is -0.468 e. The Morgan fingerprint density at radius 1 is 1.41 bits per heavy atom. The molecule has 1 aliphatic carbocycles. The molecule has 1 rings (SSSR count). The van der Waals surface area contributed by atoms with Crippen molar-refractivity contribution in [3.63, 3.8) is 0 Å². The number of hydrogen-bond donors (Lipinski definition) is 0. The Kier molecular flexibility index (Phi) is 6.56. The maximum Gasteiger partial charge on any atom is 0.323 e. The van der Waals surface area contributed by atoms with Crippen molar-refractivity contribution < 1.29 is 9.53 Å². The second-order valence-corrected chi connectivity index (χ2v) is 5.07. The molecule has 0 radical (unpaired) electrons. The second kappa shape index (κ2) is 7.70. The van der Waals surface area contributed by atoms with Gasteiger partial charge in [0, 0.05) is 6.54 Å². The van der Waals surface area contributed by atoms with Gasteiger partial charge in [-0.25, -0.2) is 0 Å². The predicted molar refractivity (Wildman–Crippen MR) is 69.9 cm³/mol. The number of methoxy groups -OCH3 is 1. The molecule has 1 atom stereocenters. The number of ether oxygens (including phenoxy) is 1. The first-order valence-electron chi connectivity index (χ1n) is 7.04. The van der Waals surface area contributed by atoms with E-state index in [0.717, 1.165) is 38.3 Å². The Hall–Kier alpha value is -0.570. The highest BCUT2D eigenvalue weighted by molar-refractivity contribution is 5.75.